The molecule has 1 saturated heterocycles. The predicted octanol–water partition coefficient (Wildman–Crippen LogP) is 2.74. The molecule has 0 aliphatic carbocycles. The molecule has 2 aromatic carbocycles. The van der Waals surface area contributed by atoms with E-state index in [4.69, 9.17) is 4.74 Å². The number of imide groups is 1. The van der Waals surface area contributed by atoms with Gasteiger partial charge in [-0.2, -0.15) is 0 Å². The van der Waals surface area contributed by atoms with Crippen molar-refractivity contribution in [3.63, 3.8) is 0 Å². The van der Waals surface area contributed by atoms with Crippen LogP contribution in [0.4, 0.5) is 11.4 Å². The Morgan fingerprint density at radius 1 is 1.07 bits per heavy atom. The van der Waals surface area contributed by atoms with Crippen LogP contribution in [0.3, 0.4) is 0 Å². The molecule has 8 nitrogen and oxygen atoms in total. The number of nitrogens with zero attached hydrogens (tertiary/aromatic N) is 1. The normalized spacial score (nSPS) is 14.6. The van der Waals surface area contributed by atoms with E-state index in [0.717, 1.165) is 4.90 Å². The number of rotatable bonds is 6. The van der Waals surface area contributed by atoms with E-state index in [1.807, 2.05) is 0 Å². The van der Waals surface area contributed by atoms with E-state index in [0.29, 0.717) is 12.0 Å². The molecule has 0 aromatic heterocycles. The Labute approximate surface area is 168 Å². The van der Waals surface area contributed by atoms with Crippen molar-refractivity contribution < 1.29 is 27.5 Å². The second-order valence-corrected chi connectivity index (χ2v) is 8.20. The van der Waals surface area contributed by atoms with Gasteiger partial charge in [0.1, 0.15) is 10.6 Å². The summed E-state index contributed by atoms with van der Waals surface area (Å²) in [5.74, 6) is -0.901. The van der Waals surface area contributed by atoms with Crippen LogP contribution >= 0.6 is 0 Å². The molecule has 29 heavy (non-hydrogen) atoms. The molecule has 2 aromatic rings. The third-order valence-corrected chi connectivity index (χ3v) is 5.90. The summed E-state index contributed by atoms with van der Waals surface area (Å²) in [6.07, 6.45) is 0.912. The van der Waals surface area contributed by atoms with Gasteiger partial charge in [0.25, 0.3) is 10.0 Å². The third kappa shape index (κ3) is 4.29. The van der Waals surface area contributed by atoms with Crippen molar-refractivity contribution in [1.29, 1.82) is 0 Å². The molecule has 0 saturated carbocycles. The third-order valence-electron chi connectivity index (χ3n) is 4.50. The molecule has 9 heteroatoms. The number of ketones is 1. The Hall–Kier alpha value is -3.20. The van der Waals surface area contributed by atoms with E-state index in [1.165, 1.54) is 44.4 Å². The molecular formula is C20H20N2O6S. The van der Waals surface area contributed by atoms with Crippen molar-refractivity contribution in [3.8, 4) is 5.75 Å². The zero-order valence-corrected chi connectivity index (χ0v) is 16.8. The number of methoxy groups -OCH3 is 1. The molecule has 152 valence electrons. The summed E-state index contributed by atoms with van der Waals surface area (Å²) in [6.45, 7) is 1.38. The van der Waals surface area contributed by atoms with Crippen LogP contribution < -0.4 is 14.4 Å². The standard InChI is InChI=1S/C20H20N2O6S/c1-13(23)14-5-3-6-15(11-14)21-29(26,27)18-12-16(9-10-17(18)28-2)22-19(24)7-4-8-20(22)25/h3,5-6,9-12,21H,4,7-8H2,1-2H3. The number of sulfonamides is 1. The van der Waals surface area contributed by atoms with Gasteiger partial charge in [0.2, 0.25) is 11.8 Å². The van der Waals surface area contributed by atoms with Gasteiger partial charge in [-0.3, -0.25) is 24.0 Å². The summed E-state index contributed by atoms with van der Waals surface area (Å²) in [5, 5.41) is 0. The van der Waals surface area contributed by atoms with Gasteiger partial charge in [-0.15, -0.1) is 0 Å². The fraction of sp³-hybridized carbons (Fsp3) is 0.250. The molecule has 0 radical (unpaired) electrons. The summed E-state index contributed by atoms with van der Waals surface area (Å²) < 4.78 is 33.6. The van der Waals surface area contributed by atoms with Crippen LogP contribution in [0.1, 0.15) is 36.5 Å². The highest BCUT2D eigenvalue weighted by atomic mass is 32.2. The number of hydrogen-bond donors (Lipinski definition) is 1. The van der Waals surface area contributed by atoms with Gasteiger partial charge in [-0.25, -0.2) is 8.42 Å². The Morgan fingerprint density at radius 3 is 2.38 bits per heavy atom. The lowest BCUT2D eigenvalue weighted by molar-refractivity contribution is -0.129. The Morgan fingerprint density at radius 2 is 1.76 bits per heavy atom. The molecular weight excluding hydrogens is 396 g/mol. The molecule has 2 amide bonds. The van der Waals surface area contributed by atoms with Crippen molar-refractivity contribution in [2.45, 2.75) is 31.1 Å². The maximum Gasteiger partial charge on any atom is 0.265 e. The van der Waals surface area contributed by atoms with Crippen LogP contribution in [0.5, 0.6) is 5.75 Å². The van der Waals surface area contributed by atoms with Gasteiger partial charge in [-0.1, -0.05) is 12.1 Å². The van der Waals surface area contributed by atoms with E-state index < -0.39 is 10.0 Å². The zero-order chi connectivity index (χ0) is 21.2. The number of ether oxygens (including phenoxy) is 1. The van der Waals surface area contributed by atoms with E-state index in [-0.39, 0.29) is 52.5 Å². The largest absolute Gasteiger partial charge is 0.495 e. The maximum absolute atomic E-state index is 13.0. The van der Waals surface area contributed by atoms with Crippen LogP contribution in [-0.2, 0) is 19.6 Å². The van der Waals surface area contributed by atoms with Crippen LogP contribution in [0, 0.1) is 0 Å². The number of benzene rings is 2. The average Bonchev–Trinajstić information content (AvgIpc) is 2.67. The molecule has 0 unspecified atom stereocenters. The highest BCUT2D eigenvalue weighted by Crippen LogP contribution is 2.32. The second-order valence-electron chi connectivity index (χ2n) is 6.55. The molecule has 0 atom stereocenters. The highest BCUT2D eigenvalue weighted by molar-refractivity contribution is 7.92. The van der Waals surface area contributed by atoms with Crippen molar-refractivity contribution in [3.05, 3.63) is 48.0 Å². The number of carbonyl (C=O) groups is 3. The zero-order valence-electron chi connectivity index (χ0n) is 16.0. The fourth-order valence-electron chi connectivity index (χ4n) is 3.07. The van der Waals surface area contributed by atoms with Gasteiger partial charge in [0.05, 0.1) is 12.8 Å². The Balaban J connectivity index is 2.01. The number of anilines is 2. The molecule has 1 fully saturated rings. The van der Waals surface area contributed by atoms with Crippen LogP contribution in [0.25, 0.3) is 0 Å². The van der Waals surface area contributed by atoms with Gasteiger partial charge < -0.3 is 4.74 Å². The van der Waals surface area contributed by atoms with Crippen molar-refractivity contribution in [2.24, 2.45) is 0 Å². The number of hydrogen-bond acceptors (Lipinski definition) is 6. The lowest BCUT2D eigenvalue weighted by Gasteiger charge is -2.25. The molecule has 1 aliphatic heterocycles. The van der Waals surface area contributed by atoms with E-state index in [9.17, 15) is 22.8 Å². The molecule has 1 heterocycles. The maximum atomic E-state index is 13.0. The van der Waals surface area contributed by atoms with Gasteiger partial charge in [0, 0.05) is 24.1 Å². The molecule has 0 spiro atoms. The minimum atomic E-state index is -4.13. The topological polar surface area (TPSA) is 110 Å². The van der Waals surface area contributed by atoms with E-state index >= 15 is 0 Å². The monoisotopic (exact) mass is 416 g/mol. The van der Waals surface area contributed by atoms with E-state index in [2.05, 4.69) is 4.72 Å². The van der Waals surface area contributed by atoms with Crippen LogP contribution in [0.15, 0.2) is 47.4 Å². The van der Waals surface area contributed by atoms with Crippen LogP contribution in [-0.4, -0.2) is 33.1 Å². The SMILES string of the molecule is COc1ccc(N2C(=O)CCCC2=O)cc1S(=O)(=O)Nc1cccc(C(C)=O)c1. The summed E-state index contributed by atoms with van der Waals surface area (Å²) in [6, 6.07) is 10.2. The minimum absolute atomic E-state index is 0.0564. The van der Waals surface area contributed by atoms with Gasteiger partial charge in [0.15, 0.2) is 5.78 Å². The van der Waals surface area contributed by atoms with E-state index in [1.54, 1.807) is 12.1 Å². The van der Waals surface area contributed by atoms with Crippen molar-refractivity contribution in [2.75, 3.05) is 16.7 Å². The lowest BCUT2D eigenvalue weighted by Crippen LogP contribution is -2.40. The minimum Gasteiger partial charge on any atom is -0.495 e. The predicted molar refractivity (Wildman–Crippen MR) is 107 cm³/mol. The number of piperidine rings is 1. The lowest BCUT2D eigenvalue weighted by atomic mass is 10.1. The number of amides is 2. The molecule has 3 rings (SSSR count). The summed E-state index contributed by atoms with van der Waals surface area (Å²) >= 11 is 0. The quantitative estimate of drug-likeness (QED) is 0.573. The number of carbonyl (C=O) groups excluding carboxylic acids is 3. The van der Waals surface area contributed by atoms with Gasteiger partial charge >= 0.3 is 0 Å². The highest BCUT2D eigenvalue weighted by Gasteiger charge is 2.29. The number of nitrogens with one attached hydrogen (secondary N) is 1. The summed E-state index contributed by atoms with van der Waals surface area (Å²) in [5.41, 5.74) is 0.726. The summed E-state index contributed by atoms with van der Waals surface area (Å²) in [4.78, 5) is 36.7. The fourth-order valence-corrected chi connectivity index (χ4v) is 4.31. The first kappa shape index (κ1) is 20.5. The molecule has 1 N–H and O–H groups in total. The molecule has 0 bridgehead atoms. The van der Waals surface area contributed by atoms with Crippen molar-refractivity contribution in [1.82, 2.24) is 0 Å². The smallest absolute Gasteiger partial charge is 0.265 e. The van der Waals surface area contributed by atoms with Crippen LogP contribution in [0.2, 0.25) is 0 Å². The average molecular weight is 416 g/mol. The summed E-state index contributed by atoms with van der Waals surface area (Å²) in [7, 11) is -2.81. The van der Waals surface area contributed by atoms with Crippen molar-refractivity contribution >= 4 is 39.0 Å². The Kier molecular flexibility index (Phi) is 5.69. The Bertz CT molecular complexity index is 1080. The number of Topliss-reactive ketones (excluding diaryl/α,β-unsaturated/α-hetero) is 1. The first-order valence-electron chi connectivity index (χ1n) is 8.90. The second kappa shape index (κ2) is 8.04. The first-order chi connectivity index (χ1) is 13.7. The van der Waals surface area contributed by atoms with Gasteiger partial charge in [-0.05, 0) is 43.7 Å². The molecule has 1 aliphatic rings. The first-order valence-corrected chi connectivity index (χ1v) is 10.4.